The maximum Gasteiger partial charge on any atom is 0.160 e. The Kier molecular flexibility index (Phi) is 7.49. The Morgan fingerprint density at radius 1 is 0.304 bits per heavy atom. The molecule has 1 aliphatic rings. The zero-order chi connectivity index (χ0) is 37.0. The van der Waals surface area contributed by atoms with Crippen molar-refractivity contribution >= 4 is 21.5 Å². The number of rotatable bonds is 6. The van der Waals surface area contributed by atoms with Gasteiger partial charge in [-0.1, -0.05) is 164 Å². The molecule has 260 valence electrons. The van der Waals surface area contributed by atoms with E-state index in [2.05, 4.69) is 187 Å². The highest BCUT2D eigenvalue weighted by molar-refractivity contribution is 6.18. The second-order valence-electron chi connectivity index (χ2n) is 14.4. The summed E-state index contributed by atoms with van der Waals surface area (Å²) >= 11 is 0. The monoisotopic (exact) mass is 711 g/mol. The van der Waals surface area contributed by atoms with E-state index < -0.39 is 0 Å². The molecule has 3 nitrogen and oxygen atoms in total. The molecule has 0 radical (unpaired) electrons. The van der Waals surface area contributed by atoms with Crippen molar-refractivity contribution in [2.24, 2.45) is 0 Å². The van der Waals surface area contributed by atoms with Gasteiger partial charge in [0.25, 0.3) is 0 Å². The summed E-state index contributed by atoms with van der Waals surface area (Å²) in [5, 5.41) is 5.08. The zero-order valence-electron chi connectivity index (χ0n) is 30.4. The highest BCUT2D eigenvalue weighted by atomic mass is 14.9. The van der Waals surface area contributed by atoms with Crippen LogP contribution in [0.25, 0.3) is 111 Å². The number of benzene rings is 8. The van der Waals surface area contributed by atoms with E-state index in [-0.39, 0.29) is 0 Å². The first-order chi connectivity index (χ1) is 27.7. The van der Waals surface area contributed by atoms with Crippen LogP contribution < -0.4 is 0 Å². The fourth-order valence-corrected chi connectivity index (χ4v) is 8.33. The molecule has 2 heterocycles. The topological polar surface area (TPSA) is 38.7 Å². The van der Waals surface area contributed by atoms with Gasteiger partial charge in [-0.2, -0.15) is 0 Å². The Hall–Kier alpha value is -7.49. The lowest BCUT2D eigenvalue weighted by Crippen LogP contribution is -1.96. The quantitative estimate of drug-likeness (QED) is 0.172. The van der Waals surface area contributed by atoms with Crippen LogP contribution in [0.4, 0.5) is 0 Å². The molecular weight excluding hydrogens is 679 g/mol. The first-order valence-corrected chi connectivity index (χ1v) is 19.0. The van der Waals surface area contributed by atoms with E-state index in [0.29, 0.717) is 5.82 Å². The lowest BCUT2D eigenvalue weighted by molar-refractivity contribution is 1.18. The summed E-state index contributed by atoms with van der Waals surface area (Å²) in [6.07, 6.45) is 3.69. The van der Waals surface area contributed by atoms with Crippen molar-refractivity contribution in [1.29, 1.82) is 0 Å². The smallest absolute Gasteiger partial charge is 0.160 e. The molecule has 8 aromatic carbocycles. The fourth-order valence-electron chi connectivity index (χ4n) is 8.33. The van der Waals surface area contributed by atoms with Gasteiger partial charge in [-0.05, 0) is 95.9 Å². The number of hydrogen-bond acceptors (Lipinski definition) is 3. The molecule has 0 aliphatic heterocycles. The summed E-state index contributed by atoms with van der Waals surface area (Å²) in [6, 6.07) is 67.2. The Balaban J connectivity index is 0.994. The van der Waals surface area contributed by atoms with Crippen LogP contribution in [0.5, 0.6) is 0 Å². The average Bonchev–Trinajstić information content (AvgIpc) is 3.61. The second kappa shape index (κ2) is 13.1. The van der Waals surface area contributed by atoms with Gasteiger partial charge in [-0.25, -0.2) is 9.97 Å². The molecule has 56 heavy (non-hydrogen) atoms. The Morgan fingerprint density at radius 3 is 1.62 bits per heavy atom. The maximum atomic E-state index is 5.21. The van der Waals surface area contributed by atoms with Gasteiger partial charge in [0.15, 0.2) is 5.82 Å². The average molecular weight is 712 g/mol. The highest BCUT2D eigenvalue weighted by Crippen LogP contribution is 2.49. The summed E-state index contributed by atoms with van der Waals surface area (Å²) in [5.41, 5.74) is 16.9. The molecule has 0 N–H and O–H groups in total. The second-order valence-corrected chi connectivity index (χ2v) is 14.4. The largest absolute Gasteiger partial charge is 0.264 e. The summed E-state index contributed by atoms with van der Waals surface area (Å²) in [7, 11) is 0. The van der Waals surface area contributed by atoms with Crippen LogP contribution in [-0.2, 0) is 0 Å². The summed E-state index contributed by atoms with van der Waals surface area (Å²) in [6.45, 7) is 0. The van der Waals surface area contributed by atoms with E-state index in [1.807, 2.05) is 12.3 Å². The third kappa shape index (κ3) is 5.49. The Labute approximate surface area is 325 Å². The predicted molar refractivity (Wildman–Crippen MR) is 232 cm³/mol. The fraction of sp³-hybridized carbons (Fsp3) is 0. The summed E-state index contributed by atoms with van der Waals surface area (Å²) < 4.78 is 0. The van der Waals surface area contributed by atoms with E-state index in [4.69, 9.17) is 9.97 Å². The van der Waals surface area contributed by atoms with E-state index in [9.17, 15) is 0 Å². The molecule has 0 saturated carbocycles. The van der Waals surface area contributed by atoms with Crippen molar-refractivity contribution in [3.8, 4) is 89.5 Å². The number of aromatic nitrogens is 3. The first-order valence-electron chi connectivity index (χ1n) is 19.0. The van der Waals surface area contributed by atoms with Crippen molar-refractivity contribution in [3.63, 3.8) is 0 Å². The molecule has 0 unspecified atom stereocenters. The molecule has 11 rings (SSSR count). The zero-order valence-corrected chi connectivity index (χ0v) is 30.4. The number of nitrogens with zero attached hydrogens (tertiary/aromatic N) is 3. The number of hydrogen-bond donors (Lipinski definition) is 0. The van der Waals surface area contributed by atoms with Gasteiger partial charge in [0.05, 0.1) is 11.4 Å². The summed E-state index contributed by atoms with van der Waals surface area (Å²) in [4.78, 5) is 14.7. The van der Waals surface area contributed by atoms with Gasteiger partial charge in [0, 0.05) is 34.6 Å². The van der Waals surface area contributed by atoms with Crippen molar-refractivity contribution in [2.45, 2.75) is 0 Å². The van der Waals surface area contributed by atoms with Crippen molar-refractivity contribution in [2.75, 3.05) is 0 Å². The van der Waals surface area contributed by atoms with Gasteiger partial charge in [-0.3, -0.25) is 4.98 Å². The van der Waals surface area contributed by atoms with Crippen LogP contribution in [-0.4, -0.2) is 15.0 Å². The minimum Gasteiger partial charge on any atom is -0.264 e. The minimum atomic E-state index is 0.679. The van der Waals surface area contributed by atoms with Crippen LogP contribution in [0, 0.1) is 0 Å². The molecule has 1 aliphatic carbocycles. The van der Waals surface area contributed by atoms with Crippen LogP contribution in [0.15, 0.2) is 200 Å². The van der Waals surface area contributed by atoms with Crippen LogP contribution in [0.3, 0.4) is 0 Å². The van der Waals surface area contributed by atoms with Crippen LogP contribution in [0.2, 0.25) is 0 Å². The van der Waals surface area contributed by atoms with E-state index >= 15 is 0 Å². The molecule has 3 heteroatoms. The molecule has 0 bridgehead atoms. The molecule has 0 fully saturated rings. The maximum absolute atomic E-state index is 5.21. The van der Waals surface area contributed by atoms with E-state index in [1.165, 1.54) is 66.1 Å². The van der Waals surface area contributed by atoms with Gasteiger partial charge in [-0.15, -0.1) is 0 Å². The Bertz CT molecular complexity index is 3080. The van der Waals surface area contributed by atoms with Gasteiger partial charge < -0.3 is 0 Å². The molecule has 0 saturated heterocycles. The SMILES string of the molecule is c1cncc(-c2cccc(-c3nc(-c4ccc(-c5ccc6ccccc6c5)cc4)cc(-c4ccc(-c5ccc6c7c(cccc57)-c5ccccc5-6)cc4)n3)c2)c1. The molecule has 0 spiro atoms. The molecule has 10 aromatic rings. The first kappa shape index (κ1) is 32.0. The van der Waals surface area contributed by atoms with Gasteiger partial charge in [0.1, 0.15) is 0 Å². The molecule has 2 aromatic heterocycles. The van der Waals surface area contributed by atoms with Gasteiger partial charge in [0.2, 0.25) is 0 Å². The highest BCUT2D eigenvalue weighted by Gasteiger charge is 2.22. The normalized spacial score (nSPS) is 11.6. The number of fused-ring (bicyclic) bond motifs is 4. The lowest BCUT2D eigenvalue weighted by Gasteiger charge is -2.12. The predicted octanol–water partition coefficient (Wildman–Crippen LogP) is 13.8. The molecule has 0 atom stereocenters. The van der Waals surface area contributed by atoms with Crippen molar-refractivity contribution in [1.82, 2.24) is 15.0 Å². The van der Waals surface area contributed by atoms with E-state index in [0.717, 1.165) is 39.2 Å². The van der Waals surface area contributed by atoms with Crippen molar-refractivity contribution in [3.05, 3.63) is 200 Å². The van der Waals surface area contributed by atoms with Crippen LogP contribution in [0.1, 0.15) is 0 Å². The Morgan fingerprint density at radius 2 is 0.875 bits per heavy atom. The van der Waals surface area contributed by atoms with Gasteiger partial charge >= 0.3 is 0 Å². The third-order valence-corrected chi connectivity index (χ3v) is 11.1. The van der Waals surface area contributed by atoms with E-state index in [1.54, 1.807) is 6.20 Å². The summed E-state index contributed by atoms with van der Waals surface area (Å²) in [5.74, 6) is 0.679. The minimum absolute atomic E-state index is 0.679. The lowest BCUT2D eigenvalue weighted by atomic mass is 9.93. The third-order valence-electron chi connectivity index (χ3n) is 11.1. The number of pyridine rings is 1. The standard InChI is InChI=1S/C53H33N3/c1-2-9-39-30-41(26-19-34(39)8-1)35-17-22-37(23-18-35)50-32-51(56-53(55-50)42-11-5-10-40(31-42)43-12-7-29-54-33-43)38-24-20-36(21-25-38)44-27-28-49-46-14-4-3-13-45(46)48-16-6-15-47(44)52(48)49/h1-33H. The molecular formula is C53H33N3. The van der Waals surface area contributed by atoms with Crippen molar-refractivity contribution < 1.29 is 0 Å². The van der Waals surface area contributed by atoms with Crippen LogP contribution >= 0.6 is 0 Å². The molecule has 0 amide bonds.